The van der Waals surface area contributed by atoms with Gasteiger partial charge in [-0.1, -0.05) is 26.2 Å². The van der Waals surface area contributed by atoms with Crippen molar-refractivity contribution in [1.82, 2.24) is 0 Å². The van der Waals surface area contributed by atoms with Crippen LogP contribution in [0.15, 0.2) is 0 Å². The topological polar surface area (TPSA) is 9.23 Å². The number of hydrogen-bond donors (Lipinski definition) is 0. The van der Waals surface area contributed by atoms with Gasteiger partial charge in [-0.15, -0.1) is 0 Å². The van der Waals surface area contributed by atoms with E-state index in [4.69, 9.17) is 0 Å². The highest BCUT2D eigenvalue weighted by Gasteiger charge is 2.25. The molecule has 0 heterocycles. The van der Waals surface area contributed by atoms with E-state index in [0.717, 1.165) is 12.8 Å². The summed E-state index contributed by atoms with van der Waals surface area (Å²) in [7, 11) is 0. The Bertz CT molecular complexity index is 119. The zero-order valence-electron chi connectivity index (χ0n) is 7.94. The van der Waals surface area contributed by atoms with Crippen molar-refractivity contribution in [3.8, 4) is 0 Å². The van der Waals surface area contributed by atoms with Gasteiger partial charge in [0.25, 0.3) is 0 Å². The molecule has 1 aliphatic carbocycles. The van der Waals surface area contributed by atoms with E-state index in [1.54, 1.807) is 0 Å². The fraction of sp³-hybridized carbons (Fsp3) is 1.00. The quantitative estimate of drug-likeness (QED) is 0.591. The van der Waals surface area contributed by atoms with E-state index in [-0.39, 0.29) is 6.61 Å². The van der Waals surface area contributed by atoms with Crippen molar-refractivity contribution in [3.05, 3.63) is 0 Å². The Balaban J connectivity index is 2.17. The highest BCUT2D eigenvalue weighted by atomic mass is 19.3. The molecule has 0 spiro atoms. The molecule has 0 saturated heterocycles. The minimum absolute atomic E-state index is 0.273. The Kier molecular flexibility index (Phi) is 3.99. The van der Waals surface area contributed by atoms with Gasteiger partial charge in [0.2, 0.25) is 0 Å². The van der Waals surface area contributed by atoms with Crippen LogP contribution in [0.5, 0.6) is 0 Å². The average Bonchev–Trinajstić information content (AvgIpc) is 2.06. The summed E-state index contributed by atoms with van der Waals surface area (Å²) in [6, 6.07) is 0. The van der Waals surface area contributed by atoms with Crippen molar-refractivity contribution in [1.29, 1.82) is 0 Å². The molecule has 0 aromatic heterocycles. The Hall–Kier alpha value is -0.110. The first-order valence-corrected chi connectivity index (χ1v) is 5.00. The van der Waals surface area contributed by atoms with Gasteiger partial charge >= 0.3 is 0 Å². The van der Waals surface area contributed by atoms with Crippen molar-refractivity contribution in [2.24, 2.45) is 5.41 Å². The lowest BCUT2D eigenvalue weighted by molar-refractivity contribution is -0.134. The van der Waals surface area contributed by atoms with Gasteiger partial charge < -0.3 is 0 Å². The standard InChI is InChI=1S/C10H19FO/c1-10(8-5-9-12-11)6-3-2-4-7-10/h2-9H2,1H3. The molecule has 1 aliphatic rings. The molecule has 1 saturated carbocycles. The van der Waals surface area contributed by atoms with E-state index in [1.807, 2.05) is 0 Å². The fourth-order valence-corrected chi connectivity index (χ4v) is 2.21. The molecule has 72 valence electrons. The SMILES string of the molecule is CC1(CCCOF)CCCCC1. The summed E-state index contributed by atoms with van der Waals surface area (Å²) < 4.78 is 11.4. The molecule has 0 bridgehead atoms. The monoisotopic (exact) mass is 174 g/mol. The van der Waals surface area contributed by atoms with Gasteiger partial charge in [0, 0.05) is 0 Å². The second kappa shape index (κ2) is 4.80. The Morgan fingerprint density at radius 1 is 1.25 bits per heavy atom. The molecule has 1 fully saturated rings. The van der Waals surface area contributed by atoms with E-state index in [2.05, 4.69) is 11.9 Å². The van der Waals surface area contributed by atoms with Crippen molar-refractivity contribution >= 4 is 0 Å². The number of halogens is 1. The smallest absolute Gasteiger partial charge is 0.0876 e. The summed E-state index contributed by atoms with van der Waals surface area (Å²) in [5, 5.41) is 0. The largest absolute Gasteiger partial charge is 0.194 e. The van der Waals surface area contributed by atoms with Crippen LogP contribution in [0, 0.1) is 5.41 Å². The third kappa shape index (κ3) is 3.10. The molecule has 0 atom stereocenters. The fourth-order valence-electron chi connectivity index (χ4n) is 2.21. The predicted molar refractivity (Wildman–Crippen MR) is 47.5 cm³/mol. The van der Waals surface area contributed by atoms with Crippen molar-refractivity contribution < 1.29 is 9.47 Å². The second-order valence-electron chi connectivity index (χ2n) is 4.29. The van der Waals surface area contributed by atoms with E-state index >= 15 is 0 Å². The molecule has 12 heavy (non-hydrogen) atoms. The minimum Gasteiger partial charge on any atom is -0.194 e. The van der Waals surface area contributed by atoms with Crippen molar-refractivity contribution in [3.63, 3.8) is 0 Å². The normalized spacial score (nSPS) is 22.5. The lowest BCUT2D eigenvalue weighted by Gasteiger charge is -2.33. The zero-order chi connectivity index (χ0) is 8.86. The molecule has 0 N–H and O–H groups in total. The van der Waals surface area contributed by atoms with E-state index in [1.165, 1.54) is 32.1 Å². The van der Waals surface area contributed by atoms with Gasteiger partial charge in [-0.05, 0) is 35.6 Å². The molecular weight excluding hydrogens is 155 g/mol. The Morgan fingerprint density at radius 3 is 2.50 bits per heavy atom. The van der Waals surface area contributed by atoms with E-state index < -0.39 is 0 Å². The molecule has 0 radical (unpaired) electrons. The maximum Gasteiger partial charge on any atom is 0.0876 e. The molecule has 0 aliphatic heterocycles. The first kappa shape index (κ1) is 9.97. The summed E-state index contributed by atoms with van der Waals surface area (Å²) in [6.45, 7) is 2.60. The lowest BCUT2D eigenvalue weighted by Crippen LogP contribution is -2.20. The molecule has 2 heteroatoms. The summed E-state index contributed by atoms with van der Waals surface area (Å²) >= 11 is 0. The maximum absolute atomic E-state index is 11.4. The molecule has 1 nitrogen and oxygen atoms in total. The molecule has 0 unspecified atom stereocenters. The molecular formula is C10H19FO. The predicted octanol–water partition coefficient (Wildman–Crippen LogP) is 3.64. The lowest BCUT2D eigenvalue weighted by atomic mass is 9.73. The maximum atomic E-state index is 11.4. The number of hydrogen-bond acceptors (Lipinski definition) is 1. The van der Waals surface area contributed by atoms with Gasteiger partial charge in [0.05, 0.1) is 6.61 Å². The van der Waals surface area contributed by atoms with Crippen LogP contribution in [-0.2, 0) is 4.94 Å². The van der Waals surface area contributed by atoms with Gasteiger partial charge in [0.15, 0.2) is 0 Å². The Labute approximate surface area is 74.2 Å². The first-order chi connectivity index (χ1) is 5.77. The molecule has 1 rings (SSSR count). The van der Waals surface area contributed by atoms with Crippen LogP contribution in [0.3, 0.4) is 0 Å². The third-order valence-corrected chi connectivity index (χ3v) is 3.06. The summed E-state index contributed by atoms with van der Waals surface area (Å²) in [6.07, 6.45) is 8.72. The van der Waals surface area contributed by atoms with Crippen molar-refractivity contribution in [2.75, 3.05) is 6.61 Å². The molecule has 0 aromatic carbocycles. The van der Waals surface area contributed by atoms with Crippen LogP contribution >= 0.6 is 0 Å². The van der Waals surface area contributed by atoms with E-state index in [0.29, 0.717) is 5.41 Å². The highest BCUT2D eigenvalue weighted by molar-refractivity contribution is 4.77. The van der Waals surface area contributed by atoms with Crippen LogP contribution in [0.4, 0.5) is 4.53 Å². The van der Waals surface area contributed by atoms with Gasteiger partial charge in [0.1, 0.15) is 0 Å². The summed E-state index contributed by atoms with van der Waals surface area (Å²) in [5.74, 6) is 0. The van der Waals surface area contributed by atoms with Crippen molar-refractivity contribution in [2.45, 2.75) is 51.9 Å². The Morgan fingerprint density at radius 2 is 1.92 bits per heavy atom. The number of rotatable bonds is 4. The summed E-state index contributed by atoms with van der Waals surface area (Å²) in [4.78, 5) is 3.58. The van der Waals surface area contributed by atoms with Gasteiger partial charge in [-0.25, -0.2) is 0 Å². The third-order valence-electron chi connectivity index (χ3n) is 3.06. The molecule has 0 aromatic rings. The van der Waals surface area contributed by atoms with Crippen LogP contribution in [0.25, 0.3) is 0 Å². The van der Waals surface area contributed by atoms with Gasteiger partial charge in [-0.3, -0.25) is 0 Å². The van der Waals surface area contributed by atoms with Crippen LogP contribution in [0.2, 0.25) is 0 Å². The first-order valence-electron chi connectivity index (χ1n) is 5.00. The zero-order valence-corrected chi connectivity index (χ0v) is 7.94. The van der Waals surface area contributed by atoms with Crippen LogP contribution in [0.1, 0.15) is 51.9 Å². The minimum atomic E-state index is 0.273. The molecule has 0 amide bonds. The highest BCUT2D eigenvalue weighted by Crippen LogP contribution is 2.39. The van der Waals surface area contributed by atoms with Crippen LogP contribution in [-0.4, -0.2) is 6.61 Å². The second-order valence-corrected chi connectivity index (χ2v) is 4.29. The van der Waals surface area contributed by atoms with E-state index in [9.17, 15) is 4.53 Å². The van der Waals surface area contributed by atoms with Crippen LogP contribution < -0.4 is 0 Å². The summed E-state index contributed by atoms with van der Waals surface area (Å²) in [5.41, 5.74) is 0.483. The average molecular weight is 174 g/mol. The van der Waals surface area contributed by atoms with Gasteiger partial charge in [-0.2, -0.15) is 4.94 Å².